The van der Waals surface area contributed by atoms with Gasteiger partial charge in [-0.05, 0) is 36.2 Å². The van der Waals surface area contributed by atoms with Crippen LogP contribution in [-0.4, -0.2) is 59.0 Å². The highest BCUT2D eigenvalue weighted by Crippen LogP contribution is 2.33. The van der Waals surface area contributed by atoms with Crippen LogP contribution in [0.2, 0.25) is 0 Å². The second-order valence-electron chi connectivity index (χ2n) is 7.62. The van der Waals surface area contributed by atoms with E-state index in [1.165, 1.54) is 19.3 Å². The molecule has 12 heteroatoms. The van der Waals surface area contributed by atoms with E-state index in [-0.39, 0.29) is 21.9 Å². The number of thiophene rings is 1. The molecule has 3 aromatic rings. The molecule has 1 aromatic carbocycles. The van der Waals surface area contributed by atoms with Crippen molar-refractivity contribution >= 4 is 39.1 Å². The van der Waals surface area contributed by atoms with Crippen LogP contribution in [0.15, 0.2) is 52.9 Å². The molecule has 1 atom stereocenters. The number of nitrogens with zero attached hydrogens (tertiary/aromatic N) is 4. The molecule has 0 radical (unpaired) electrons. The normalized spacial score (nSPS) is 16.5. The first-order valence-corrected chi connectivity index (χ1v) is 12.3. The first-order chi connectivity index (χ1) is 15.7. The molecule has 0 saturated carbocycles. The molecular weight excluding hydrogens is 462 g/mol. The molecule has 10 nitrogen and oxygen atoms in total. The van der Waals surface area contributed by atoms with Crippen LogP contribution in [0.1, 0.15) is 17.5 Å². The summed E-state index contributed by atoms with van der Waals surface area (Å²) in [6.45, 7) is 0.756. The van der Waals surface area contributed by atoms with Crippen molar-refractivity contribution < 1.29 is 13.2 Å². The topological polar surface area (TPSA) is 159 Å². The lowest BCUT2D eigenvalue weighted by molar-refractivity contribution is -0.131. The van der Waals surface area contributed by atoms with E-state index >= 15 is 0 Å². The summed E-state index contributed by atoms with van der Waals surface area (Å²) >= 11 is 1.07. The van der Waals surface area contributed by atoms with Gasteiger partial charge in [0, 0.05) is 31.9 Å². The van der Waals surface area contributed by atoms with E-state index in [0.717, 1.165) is 21.2 Å². The third kappa shape index (κ3) is 4.58. The maximum Gasteiger partial charge on any atom is 0.253 e. The molecule has 0 bridgehead atoms. The molecule has 1 amide bonds. The molecule has 3 heterocycles. The van der Waals surface area contributed by atoms with Crippen molar-refractivity contribution in [3.8, 4) is 10.6 Å². The highest BCUT2D eigenvalue weighted by Gasteiger charge is 2.40. The Morgan fingerprint density at radius 2 is 2.09 bits per heavy atom. The van der Waals surface area contributed by atoms with Gasteiger partial charge in [0.05, 0.1) is 10.6 Å². The molecule has 172 valence electrons. The van der Waals surface area contributed by atoms with Gasteiger partial charge in [-0.25, -0.2) is 18.4 Å². The number of benzene rings is 1. The number of amidine groups is 1. The lowest BCUT2D eigenvalue weighted by Gasteiger charge is -2.23. The zero-order valence-electron chi connectivity index (χ0n) is 17.8. The van der Waals surface area contributed by atoms with Gasteiger partial charge in [0.15, 0.2) is 0 Å². The highest BCUT2D eigenvalue weighted by molar-refractivity contribution is 7.91. The molecule has 1 aliphatic rings. The third-order valence-corrected chi connectivity index (χ3v) is 8.90. The van der Waals surface area contributed by atoms with Gasteiger partial charge in [-0.1, -0.05) is 18.2 Å². The van der Waals surface area contributed by atoms with Gasteiger partial charge < -0.3 is 16.4 Å². The number of amides is 1. The molecule has 4 rings (SSSR count). The number of carbonyl (C=O) groups is 1. The molecular formula is C21H23N7O3S2. The maximum atomic E-state index is 13.2. The second kappa shape index (κ2) is 8.89. The summed E-state index contributed by atoms with van der Waals surface area (Å²) in [4.78, 5) is 23.3. The van der Waals surface area contributed by atoms with E-state index in [1.807, 2.05) is 6.07 Å². The van der Waals surface area contributed by atoms with E-state index in [4.69, 9.17) is 16.9 Å². The summed E-state index contributed by atoms with van der Waals surface area (Å²) in [7, 11) is -2.45. The van der Waals surface area contributed by atoms with Crippen LogP contribution < -0.4 is 11.5 Å². The van der Waals surface area contributed by atoms with Crippen molar-refractivity contribution in [1.82, 2.24) is 19.2 Å². The standard InChI is InChI=1S/C21H23N7O3S2/c1-27(33(30,31)18-6-5-17(32-18)15-7-9-25-21(24)26-15)16-8-10-28(20(16)29)12-13-3-2-4-14(11-13)19(22)23/h2-7,9,11,16H,8,10,12H2,1H3,(H3,22,23)(H2,24,25,26)/t16-/m0/s1. The minimum absolute atomic E-state index is 0.0479. The molecule has 0 aliphatic carbocycles. The molecule has 2 aromatic heterocycles. The lowest BCUT2D eigenvalue weighted by Crippen LogP contribution is -2.42. The average molecular weight is 486 g/mol. The van der Waals surface area contributed by atoms with Crippen molar-refractivity contribution in [2.24, 2.45) is 5.73 Å². The van der Waals surface area contributed by atoms with Gasteiger partial charge >= 0.3 is 0 Å². The zero-order chi connectivity index (χ0) is 23.8. The van der Waals surface area contributed by atoms with Gasteiger partial charge in [-0.3, -0.25) is 10.2 Å². The largest absolute Gasteiger partial charge is 0.384 e. The van der Waals surface area contributed by atoms with Crippen molar-refractivity contribution in [2.75, 3.05) is 19.3 Å². The predicted molar refractivity (Wildman–Crippen MR) is 126 cm³/mol. The Morgan fingerprint density at radius 1 is 1.30 bits per heavy atom. The number of likely N-dealkylation sites (N-methyl/N-ethyl adjacent to an activating group) is 1. The number of aromatic nitrogens is 2. The van der Waals surface area contributed by atoms with Gasteiger partial charge in [-0.15, -0.1) is 11.3 Å². The van der Waals surface area contributed by atoms with Crippen LogP contribution in [0.25, 0.3) is 10.6 Å². The summed E-state index contributed by atoms with van der Waals surface area (Å²) in [5.41, 5.74) is 13.1. The monoisotopic (exact) mass is 485 g/mol. The molecule has 1 saturated heterocycles. The summed E-state index contributed by atoms with van der Waals surface area (Å²) in [5.74, 6) is -0.198. The smallest absolute Gasteiger partial charge is 0.253 e. The second-order valence-corrected chi connectivity index (χ2v) is 10.9. The van der Waals surface area contributed by atoms with E-state index < -0.39 is 16.1 Å². The van der Waals surface area contributed by atoms with E-state index in [9.17, 15) is 13.2 Å². The van der Waals surface area contributed by atoms with Crippen LogP contribution in [-0.2, 0) is 21.4 Å². The van der Waals surface area contributed by atoms with Gasteiger partial charge in [-0.2, -0.15) is 4.31 Å². The fourth-order valence-corrected chi connectivity index (χ4v) is 6.50. The fourth-order valence-electron chi connectivity index (χ4n) is 3.69. The van der Waals surface area contributed by atoms with Crippen LogP contribution in [0.5, 0.6) is 0 Å². The summed E-state index contributed by atoms with van der Waals surface area (Å²) < 4.78 is 27.7. The van der Waals surface area contributed by atoms with E-state index in [2.05, 4.69) is 9.97 Å². The average Bonchev–Trinajstić information content (AvgIpc) is 3.42. The van der Waals surface area contributed by atoms with Crippen LogP contribution >= 0.6 is 11.3 Å². The molecule has 33 heavy (non-hydrogen) atoms. The fraction of sp³-hybridized carbons (Fsp3) is 0.238. The van der Waals surface area contributed by atoms with Crippen LogP contribution in [0.3, 0.4) is 0 Å². The first-order valence-electron chi connectivity index (χ1n) is 10.1. The van der Waals surface area contributed by atoms with Gasteiger partial charge in [0.1, 0.15) is 16.1 Å². The number of nitrogens with two attached hydrogens (primary N) is 2. The zero-order valence-corrected chi connectivity index (χ0v) is 19.4. The predicted octanol–water partition coefficient (Wildman–Crippen LogP) is 1.49. The van der Waals surface area contributed by atoms with E-state index in [1.54, 1.807) is 35.2 Å². The number of nitrogens with one attached hydrogen (secondary N) is 1. The summed E-state index contributed by atoms with van der Waals surface area (Å²) in [6, 6.07) is 11.2. The third-order valence-electron chi connectivity index (χ3n) is 5.46. The molecule has 5 N–H and O–H groups in total. The number of nitrogen functional groups attached to an aromatic ring is 2. The quantitative estimate of drug-likeness (QED) is 0.338. The number of hydrogen-bond acceptors (Lipinski definition) is 8. The number of sulfonamides is 1. The highest BCUT2D eigenvalue weighted by atomic mass is 32.2. The van der Waals surface area contributed by atoms with Gasteiger partial charge in [0.2, 0.25) is 11.9 Å². The maximum absolute atomic E-state index is 13.2. The Labute approximate surface area is 195 Å². The molecule has 0 spiro atoms. The van der Waals surface area contributed by atoms with E-state index in [0.29, 0.717) is 35.6 Å². The van der Waals surface area contributed by atoms with Crippen LogP contribution in [0.4, 0.5) is 5.95 Å². The summed E-state index contributed by atoms with van der Waals surface area (Å²) in [6.07, 6.45) is 1.90. The Kier molecular flexibility index (Phi) is 6.15. The Bertz CT molecular complexity index is 1320. The molecule has 1 fully saturated rings. The number of hydrogen-bond donors (Lipinski definition) is 3. The van der Waals surface area contributed by atoms with Crippen molar-refractivity contribution in [3.63, 3.8) is 0 Å². The van der Waals surface area contributed by atoms with Crippen molar-refractivity contribution in [3.05, 3.63) is 59.8 Å². The lowest BCUT2D eigenvalue weighted by atomic mass is 10.1. The van der Waals surface area contributed by atoms with Crippen molar-refractivity contribution in [1.29, 1.82) is 5.41 Å². The SMILES string of the molecule is CN([C@H]1CCN(Cc2cccc(C(=N)N)c2)C1=O)S(=O)(=O)c1ccc(-c2ccnc(N)n2)s1. The Hall–Kier alpha value is -3.35. The molecule has 1 aliphatic heterocycles. The van der Waals surface area contributed by atoms with Crippen LogP contribution in [0, 0.1) is 5.41 Å². The number of carbonyl (C=O) groups excluding carboxylic acids is 1. The minimum Gasteiger partial charge on any atom is -0.384 e. The summed E-state index contributed by atoms with van der Waals surface area (Å²) in [5, 5.41) is 7.57. The Balaban J connectivity index is 1.50. The minimum atomic E-state index is -3.88. The Morgan fingerprint density at radius 3 is 2.82 bits per heavy atom. The van der Waals surface area contributed by atoms with Gasteiger partial charge in [0.25, 0.3) is 10.0 Å². The van der Waals surface area contributed by atoms with Crippen molar-refractivity contribution in [2.45, 2.75) is 23.2 Å². The molecule has 0 unspecified atom stereocenters. The number of rotatable bonds is 7. The first kappa shape index (κ1) is 22.8. The number of anilines is 1. The number of likely N-dealkylation sites (tertiary alicyclic amines) is 1.